The van der Waals surface area contributed by atoms with E-state index in [1.807, 2.05) is 0 Å². The molecule has 0 bridgehead atoms. The number of hydrogen-bond acceptors (Lipinski definition) is 5. The summed E-state index contributed by atoms with van der Waals surface area (Å²) in [5.74, 6) is -1.22. The van der Waals surface area contributed by atoms with Crippen LogP contribution >= 0.6 is 0 Å². The van der Waals surface area contributed by atoms with Crippen LogP contribution < -0.4 is 0 Å². The zero-order valence-electron chi connectivity index (χ0n) is 14.3. The molecule has 1 rings (SSSR count). The first-order valence-electron chi connectivity index (χ1n) is 8.66. The number of hydrogen-bond donors (Lipinski definition) is 2. The molecule has 0 aliphatic heterocycles. The van der Waals surface area contributed by atoms with Crippen molar-refractivity contribution in [2.24, 2.45) is 11.8 Å². The fourth-order valence-electron chi connectivity index (χ4n) is 3.34. The minimum atomic E-state index is -0.818. The predicted octanol–water partition coefficient (Wildman–Crippen LogP) is 2.39. The van der Waals surface area contributed by atoms with Crippen molar-refractivity contribution < 1.29 is 24.5 Å². The summed E-state index contributed by atoms with van der Waals surface area (Å²) in [7, 11) is 0. The molecule has 0 radical (unpaired) electrons. The molecule has 5 heteroatoms. The number of carbonyl (C=O) groups excluding carboxylic acids is 2. The standard InChI is InChI=1S/C18H30O5/c1-4-6-7-8-13(19)9-10-14-15(20)11-16(21)17(14)12(3)18(22)23-5-2/h14-17,20-21H,3-11H2,1-2H3/t14-,15+,16-,17-/m0/s1. The number of unbranched alkanes of at least 4 members (excludes halogenated alkanes) is 2. The molecule has 1 aliphatic rings. The quantitative estimate of drug-likeness (QED) is 0.366. The summed E-state index contributed by atoms with van der Waals surface area (Å²) in [5.41, 5.74) is 0.194. The Kier molecular flexibility index (Phi) is 8.48. The van der Waals surface area contributed by atoms with Crippen LogP contribution in [0.15, 0.2) is 12.2 Å². The van der Waals surface area contributed by atoms with Crippen molar-refractivity contribution in [1.29, 1.82) is 0 Å². The average molecular weight is 326 g/mol. The predicted molar refractivity (Wildman–Crippen MR) is 87.8 cm³/mol. The van der Waals surface area contributed by atoms with Crippen molar-refractivity contribution in [3.8, 4) is 0 Å². The normalized spacial score (nSPS) is 27.0. The maximum absolute atomic E-state index is 11.9. The third kappa shape index (κ3) is 5.74. The number of Topliss-reactive ketones (excluding diaryl/α,β-unsaturated/α-hetero) is 1. The second-order valence-electron chi connectivity index (χ2n) is 6.34. The molecular formula is C18H30O5. The van der Waals surface area contributed by atoms with Gasteiger partial charge in [0.2, 0.25) is 0 Å². The Hall–Kier alpha value is -1.20. The Morgan fingerprint density at radius 1 is 1.13 bits per heavy atom. The number of aliphatic hydroxyl groups excluding tert-OH is 2. The number of aliphatic hydroxyl groups is 2. The van der Waals surface area contributed by atoms with Crippen LogP contribution in [0.4, 0.5) is 0 Å². The van der Waals surface area contributed by atoms with E-state index >= 15 is 0 Å². The van der Waals surface area contributed by atoms with Crippen molar-refractivity contribution >= 4 is 11.8 Å². The molecule has 1 aliphatic carbocycles. The van der Waals surface area contributed by atoms with Crippen LogP contribution in [0.25, 0.3) is 0 Å². The van der Waals surface area contributed by atoms with E-state index in [2.05, 4.69) is 13.5 Å². The summed E-state index contributed by atoms with van der Waals surface area (Å²) < 4.78 is 4.94. The third-order valence-electron chi connectivity index (χ3n) is 4.61. The summed E-state index contributed by atoms with van der Waals surface area (Å²) in [4.78, 5) is 23.8. The SMILES string of the molecule is C=C(C(=O)OCC)[C@H]1[C@@H](CCC(=O)CCCCC)[C@H](O)C[C@@H]1O. The smallest absolute Gasteiger partial charge is 0.333 e. The summed E-state index contributed by atoms with van der Waals surface area (Å²) >= 11 is 0. The van der Waals surface area contributed by atoms with Crippen molar-refractivity contribution in [3.05, 3.63) is 12.2 Å². The van der Waals surface area contributed by atoms with E-state index < -0.39 is 24.1 Å². The van der Waals surface area contributed by atoms with Gasteiger partial charge < -0.3 is 14.9 Å². The fourth-order valence-corrected chi connectivity index (χ4v) is 3.34. The number of esters is 1. The van der Waals surface area contributed by atoms with Gasteiger partial charge in [0.15, 0.2) is 0 Å². The van der Waals surface area contributed by atoms with Gasteiger partial charge >= 0.3 is 5.97 Å². The van der Waals surface area contributed by atoms with Gasteiger partial charge in [-0.05, 0) is 25.7 Å². The maximum Gasteiger partial charge on any atom is 0.333 e. The van der Waals surface area contributed by atoms with E-state index in [9.17, 15) is 19.8 Å². The van der Waals surface area contributed by atoms with E-state index in [-0.39, 0.29) is 30.3 Å². The molecule has 132 valence electrons. The molecule has 0 unspecified atom stereocenters. The molecule has 0 heterocycles. The van der Waals surface area contributed by atoms with E-state index in [0.717, 1.165) is 19.3 Å². The molecule has 23 heavy (non-hydrogen) atoms. The Balaban J connectivity index is 2.61. The lowest BCUT2D eigenvalue weighted by atomic mass is 9.83. The Morgan fingerprint density at radius 2 is 1.83 bits per heavy atom. The van der Waals surface area contributed by atoms with Gasteiger partial charge in [0, 0.05) is 30.8 Å². The zero-order chi connectivity index (χ0) is 17.4. The number of ketones is 1. The van der Waals surface area contributed by atoms with Gasteiger partial charge in [-0.2, -0.15) is 0 Å². The Bertz CT molecular complexity index is 418. The molecule has 0 aromatic heterocycles. The molecular weight excluding hydrogens is 296 g/mol. The van der Waals surface area contributed by atoms with Crippen molar-refractivity contribution in [1.82, 2.24) is 0 Å². The van der Waals surface area contributed by atoms with Crippen LogP contribution in [0.5, 0.6) is 0 Å². The largest absolute Gasteiger partial charge is 0.463 e. The molecule has 5 nitrogen and oxygen atoms in total. The molecule has 0 aromatic rings. The molecule has 2 N–H and O–H groups in total. The van der Waals surface area contributed by atoms with Gasteiger partial charge in [-0.15, -0.1) is 0 Å². The molecule has 0 aromatic carbocycles. The lowest BCUT2D eigenvalue weighted by Crippen LogP contribution is -2.28. The molecule has 4 atom stereocenters. The first-order chi connectivity index (χ1) is 10.9. The second-order valence-corrected chi connectivity index (χ2v) is 6.34. The van der Waals surface area contributed by atoms with E-state index in [1.54, 1.807) is 6.92 Å². The molecule has 1 fully saturated rings. The Morgan fingerprint density at radius 3 is 2.43 bits per heavy atom. The first kappa shape index (κ1) is 19.8. The van der Waals surface area contributed by atoms with Gasteiger partial charge in [0.1, 0.15) is 5.78 Å². The van der Waals surface area contributed by atoms with Gasteiger partial charge in [-0.25, -0.2) is 4.79 Å². The van der Waals surface area contributed by atoms with E-state index in [0.29, 0.717) is 19.3 Å². The van der Waals surface area contributed by atoms with Crippen LogP contribution in [0.1, 0.15) is 58.8 Å². The zero-order valence-corrected chi connectivity index (χ0v) is 14.3. The minimum absolute atomic E-state index is 0.174. The van der Waals surface area contributed by atoms with Crippen molar-refractivity contribution in [2.75, 3.05) is 6.61 Å². The number of rotatable bonds is 10. The van der Waals surface area contributed by atoms with Gasteiger partial charge in [0.05, 0.1) is 18.8 Å². The van der Waals surface area contributed by atoms with Gasteiger partial charge in [-0.3, -0.25) is 4.79 Å². The van der Waals surface area contributed by atoms with Crippen LogP contribution in [0.2, 0.25) is 0 Å². The summed E-state index contributed by atoms with van der Waals surface area (Å²) in [6.07, 6.45) is 3.06. The highest BCUT2D eigenvalue weighted by Crippen LogP contribution is 2.40. The van der Waals surface area contributed by atoms with E-state index in [4.69, 9.17) is 4.74 Å². The van der Waals surface area contributed by atoms with Crippen LogP contribution in [0, 0.1) is 11.8 Å². The molecule has 1 saturated carbocycles. The first-order valence-corrected chi connectivity index (χ1v) is 8.66. The van der Waals surface area contributed by atoms with Gasteiger partial charge in [0.25, 0.3) is 0 Å². The molecule has 0 amide bonds. The van der Waals surface area contributed by atoms with E-state index in [1.165, 1.54) is 0 Å². The topological polar surface area (TPSA) is 83.8 Å². The fraction of sp³-hybridized carbons (Fsp3) is 0.778. The minimum Gasteiger partial charge on any atom is -0.463 e. The van der Waals surface area contributed by atoms with Crippen LogP contribution in [-0.4, -0.2) is 40.8 Å². The highest BCUT2D eigenvalue weighted by Gasteiger charge is 2.44. The van der Waals surface area contributed by atoms with Crippen LogP contribution in [0.3, 0.4) is 0 Å². The molecule has 0 spiro atoms. The number of carbonyl (C=O) groups is 2. The lowest BCUT2D eigenvalue weighted by Gasteiger charge is -2.24. The van der Waals surface area contributed by atoms with Crippen molar-refractivity contribution in [2.45, 2.75) is 71.0 Å². The maximum atomic E-state index is 11.9. The summed E-state index contributed by atoms with van der Waals surface area (Å²) in [6, 6.07) is 0. The highest BCUT2D eigenvalue weighted by atomic mass is 16.5. The van der Waals surface area contributed by atoms with Crippen LogP contribution in [-0.2, 0) is 14.3 Å². The van der Waals surface area contributed by atoms with Crippen molar-refractivity contribution in [3.63, 3.8) is 0 Å². The monoisotopic (exact) mass is 326 g/mol. The summed E-state index contributed by atoms with van der Waals surface area (Å²) in [6.45, 7) is 7.78. The molecule has 0 saturated heterocycles. The second kappa shape index (κ2) is 9.83. The Labute approximate surface area is 138 Å². The number of ether oxygens (including phenoxy) is 1. The third-order valence-corrected chi connectivity index (χ3v) is 4.61. The average Bonchev–Trinajstić information content (AvgIpc) is 2.78. The summed E-state index contributed by atoms with van der Waals surface area (Å²) in [5, 5.41) is 20.3. The lowest BCUT2D eigenvalue weighted by molar-refractivity contribution is -0.139. The van der Waals surface area contributed by atoms with Gasteiger partial charge in [-0.1, -0.05) is 26.3 Å². The highest BCUT2D eigenvalue weighted by molar-refractivity contribution is 5.88.